The van der Waals surface area contributed by atoms with Crippen LogP contribution in [0.4, 0.5) is 5.69 Å². The molecule has 5 nitrogen and oxygen atoms in total. The second kappa shape index (κ2) is 4.96. The summed E-state index contributed by atoms with van der Waals surface area (Å²) in [6, 6.07) is 13.8. The molecule has 0 saturated carbocycles. The topological polar surface area (TPSA) is 59.1 Å². The fourth-order valence-electron chi connectivity index (χ4n) is 2.49. The molecule has 5 heteroatoms. The molecule has 0 radical (unpaired) electrons. The van der Waals surface area contributed by atoms with Crippen molar-refractivity contribution >= 4 is 17.5 Å². The van der Waals surface area contributed by atoms with Crippen LogP contribution in [0.5, 0.6) is 5.75 Å². The third kappa shape index (κ3) is 2.16. The van der Waals surface area contributed by atoms with Crippen LogP contribution in [0.25, 0.3) is 0 Å². The molecule has 2 amide bonds. The van der Waals surface area contributed by atoms with Crippen LogP contribution in [0.1, 0.15) is 20.7 Å². The van der Waals surface area contributed by atoms with Crippen molar-refractivity contribution in [1.29, 1.82) is 0 Å². The first kappa shape index (κ1) is 13.0. The van der Waals surface area contributed by atoms with Gasteiger partial charge in [-0.05, 0) is 24.3 Å². The van der Waals surface area contributed by atoms with E-state index >= 15 is 0 Å². The van der Waals surface area contributed by atoms with E-state index in [1.165, 1.54) is 4.90 Å². The summed E-state index contributed by atoms with van der Waals surface area (Å²) >= 11 is 0. The van der Waals surface area contributed by atoms with Crippen LogP contribution in [0.3, 0.4) is 0 Å². The largest absolute Gasteiger partial charge is 0.491 e. The molecular formula is C17H13NO4. The third-order valence-corrected chi connectivity index (χ3v) is 3.71. The molecule has 2 aliphatic rings. The Bertz CT molecular complexity index is 732. The molecule has 0 bridgehead atoms. The van der Waals surface area contributed by atoms with Crippen molar-refractivity contribution in [3.63, 3.8) is 0 Å². The summed E-state index contributed by atoms with van der Waals surface area (Å²) in [6.07, 6.45) is 0.156. The summed E-state index contributed by atoms with van der Waals surface area (Å²) in [7, 11) is 0. The van der Waals surface area contributed by atoms with Crippen LogP contribution in [-0.2, 0) is 4.74 Å². The summed E-state index contributed by atoms with van der Waals surface area (Å²) in [5.74, 6) is 0.0103. The summed E-state index contributed by atoms with van der Waals surface area (Å²) in [6.45, 7) is 1.20. The maximum atomic E-state index is 12.4. The highest BCUT2D eigenvalue weighted by Crippen LogP contribution is 2.30. The van der Waals surface area contributed by atoms with Gasteiger partial charge < -0.3 is 9.47 Å². The second-order valence-corrected chi connectivity index (χ2v) is 5.26. The Morgan fingerprint density at radius 1 is 1.05 bits per heavy atom. The van der Waals surface area contributed by atoms with E-state index in [1.54, 1.807) is 48.5 Å². The highest BCUT2D eigenvalue weighted by Gasteiger charge is 2.36. The van der Waals surface area contributed by atoms with E-state index in [1.807, 2.05) is 0 Å². The average molecular weight is 295 g/mol. The lowest BCUT2D eigenvalue weighted by Crippen LogP contribution is -2.29. The van der Waals surface area contributed by atoms with E-state index in [4.69, 9.17) is 9.47 Å². The average Bonchev–Trinajstić information content (AvgIpc) is 3.34. The number of benzene rings is 2. The molecule has 22 heavy (non-hydrogen) atoms. The monoisotopic (exact) mass is 295 g/mol. The van der Waals surface area contributed by atoms with Gasteiger partial charge in [0.05, 0.1) is 23.4 Å². The smallest absolute Gasteiger partial charge is 0.266 e. The van der Waals surface area contributed by atoms with Crippen LogP contribution < -0.4 is 9.64 Å². The van der Waals surface area contributed by atoms with Gasteiger partial charge in [0.15, 0.2) is 0 Å². The standard InChI is InChI=1S/C17H13NO4/c19-16-14-6-1-2-7-15(14)17(20)18(16)11-4-3-5-12(8-11)21-9-13-10-22-13/h1-8,13H,9-10H2. The number of anilines is 1. The summed E-state index contributed by atoms with van der Waals surface area (Å²) < 4.78 is 10.7. The van der Waals surface area contributed by atoms with Gasteiger partial charge in [0, 0.05) is 6.07 Å². The molecule has 0 spiro atoms. The molecule has 110 valence electrons. The Balaban J connectivity index is 1.63. The predicted molar refractivity (Wildman–Crippen MR) is 79.3 cm³/mol. The van der Waals surface area contributed by atoms with Gasteiger partial charge in [0.2, 0.25) is 0 Å². The zero-order valence-corrected chi connectivity index (χ0v) is 11.7. The van der Waals surface area contributed by atoms with Crippen molar-refractivity contribution in [2.45, 2.75) is 6.10 Å². The van der Waals surface area contributed by atoms with Crippen molar-refractivity contribution in [1.82, 2.24) is 0 Å². The zero-order chi connectivity index (χ0) is 15.1. The molecule has 2 aromatic rings. The Morgan fingerprint density at radius 2 is 1.73 bits per heavy atom. The van der Waals surface area contributed by atoms with Gasteiger partial charge >= 0.3 is 0 Å². The number of amides is 2. The zero-order valence-electron chi connectivity index (χ0n) is 11.7. The minimum atomic E-state index is -0.303. The lowest BCUT2D eigenvalue weighted by Gasteiger charge is -2.15. The predicted octanol–water partition coefficient (Wildman–Crippen LogP) is 2.26. The fraction of sp³-hybridized carbons (Fsp3) is 0.176. The molecule has 1 saturated heterocycles. The third-order valence-electron chi connectivity index (χ3n) is 3.71. The van der Waals surface area contributed by atoms with Crippen molar-refractivity contribution in [3.05, 3.63) is 59.7 Å². The highest BCUT2D eigenvalue weighted by molar-refractivity contribution is 6.34. The van der Waals surface area contributed by atoms with Gasteiger partial charge in [-0.2, -0.15) is 0 Å². The number of fused-ring (bicyclic) bond motifs is 1. The molecule has 2 aliphatic heterocycles. The molecule has 2 heterocycles. The van der Waals surface area contributed by atoms with E-state index in [-0.39, 0.29) is 17.9 Å². The van der Waals surface area contributed by atoms with Crippen LogP contribution in [0.15, 0.2) is 48.5 Å². The molecule has 0 N–H and O–H groups in total. The Labute approximate surface area is 127 Å². The van der Waals surface area contributed by atoms with E-state index < -0.39 is 0 Å². The number of hydrogen-bond donors (Lipinski definition) is 0. The van der Waals surface area contributed by atoms with Crippen molar-refractivity contribution in [3.8, 4) is 5.75 Å². The summed E-state index contributed by atoms with van der Waals surface area (Å²) in [5, 5.41) is 0. The highest BCUT2D eigenvalue weighted by atomic mass is 16.6. The number of carbonyl (C=O) groups is 2. The summed E-state index contributed by atoms with van der Waals surface area (Å²) in [4.78, 5) is 26.1. The minimum absolute atomic E-state index is 0.156. The first-order valence-electron chi connectivity index (χ1n) is 7.06. The fourth-order valence-corrected chi connectivity index (χ4v) is 2.49. The van der Waals surface area contributed by atoms with E-state index in [0.717, 1.165) is 6.61 Å². The number of carbonyl (C=O) groups excluding carboxylic acids is 2. The molecule has 0 aliphatic carbocycles. The normalized spacial score (nSPS) is 19.3. The maximum Gasteiger partial charge on any atom is 0.266 e. The second-order valence-electron chi connectivity index (χ2n) is 5.26. The lowest BCUT2D eigenvalue weighted by atomic mass is 10.1. The number of hydrogen-bond acceptors (Lipinski definition) is 4. The Hall–Kier alpha value is -2.66. The van der Waals surface area contributed by atoms with Gasteiger partial charge in [-0.15, -0.1) is 0 Å². The molecular weight excluding hydrogens is 282 g/mol. The van der Waals surface area contributed by atoms with Crippen LogP contribution in [0, 0.1) is 0 Å². The van der Waals surface area contributed by atoms with E-state index in [0.29, 0.717) is 29.2 Å². The molecule has 2 aromatic carbocycles. The SMILES string of the molecule is O=C1c2ccccc2C(=O)N1c1cccc(OCC2CO2)c1. The molecule has 1 unspecified atom stereocenters. The van der Waals surface area contributed by atoms with E-state index in [2.05, 4.69) is 0 Å². The number of imide groups is 1. The van der Waals surface area contributed by atoms with Crippen LogP contribution in [-0.4, -0.2) is 31.1 Å². The Kier molecular flexibility index (Phi) is 2.94. The molecule has 1 fully saturated rings. The number of epoxide rings is 1. The van der Waals surface area contributed by atoms with Crippen molar-refractivity contribution < 1.29 is 19.1 Å². The van der Waals surface area contributed by atoms with Gasteiger partial charge in [-0.1, -0.05) is 18.2 Å². The van der Waals surface area contributed by atoms with Gasteiger partial charge in [0.1, 0.15) is 18.5 Å². The summed E-state index contributed by atoms with van der Waals surface area (Å²) in [5.41, 5.74) is 1.39. The Morgan fingerprint density at radius 3 is 2.36 bits per heavy atom. The lowest BCUT2D eigenvalue weighted by molar-refractivity contribution is 0.0926. The maximum absolute atomic E-state index is 12.4. The van der Waals surface area contributed by atoms with Crippen molar-refractivity contribution in [2.75, 3.05) is 18.1 Å². The number of rotatable bonds is 4. The minimum Gasteiger partial charge on any atom is -0.491 e. The van der Waals surface area contributed by atoms with Crippen LogP contribution >= 0.6 is 0 Å². The molecule has 1 atom stereocenters. The quantitative estimate of drug-likeness (QED) is 0.641. The molecule has 0 aromatic heterocycles. The van der Waals surface area contributed by atoms with Gasteiger partial charge in [0.25, 0.3) is 11.8 Å². The first-order chi connectivity index (χ1) is 10.7. The van der Waals surface area contributed by atoms with E-state index in [9.17, 15) is 9.59 Å². The number of ether oxygens (including phenoxy) is 2. The van der Waals surface area contributed by atoms with Gasteiger partial charge in [-0.25, -0.2) is 4.90 Å². The van der Waals surface area contributed by atoms with Gasteiger partial charge in [-0.3, -0.25) is 9.59 Å². The number of nitrogens with zero attached hydrogens (tertiary/aromatic N) is 1. The molecule has 4 rings (SSSR count). The van der Waals surface area contributed by atoms with Crippen LogP contribution in [0.2, 0.25) is 0 Å². The first-order valence-corrected chi connectivity index (χ1v) is 7.06. The van der Waals surface area contributed by atoms with Crippen molar-refractivity contribution in [2.24, 2.45) is 0 Å².